The molecule has 0 saturated carbocycles. The summed E-state index contributed by atoms with van der Waals surface area (Å²) in [4.78, 5) is 30.0. The van der Waals surface area contributed by atoms with E-state index < -0.39 is 0 Å². The molecule has 0 spiro atoms. The first-order valence-corrected chi connectivity index (χ1v) is 13.1. The average molecular weight is 545 g/mol. The minimum Gasteiger partial charge on any atom is -0.494 e. The summed E-state index contributed by atoms with van der Waals surface area (Å²) >= 11 is 0. The molecular weight excluding hydrogens is 504 g/mol. The first-order valence-electron chi connectivity index (χ1n) is 13.1. The number of anilines is 5. The zero-order valence-electron chi connectivity index (χ0n) is 24.4. The van der Waals surface area contributed by atoms with Gasteiger partial charge in [0.05, 0.1) is 29.9 Å². The summed E-state index contributed by atoms with van der Waals surface area (Å²) < 4.78 is 5.71. The molecule has 0 aliphatic heterocycles. The van der Waals surface area contributed by atoms with Gasteiger partial charge in [0.25, 0.3) is 0 Å². The minimum atomic E-state index is -0.313. The molecule has 0 fully saturated rings. The van der Waals surface area contributed by atoms with Gasteiger partial charge in [0.1, 0.15) is 5.75 Å². The van der Waals surface area contributed by atoms with Crippen LogP contribution in [0.15, 0.2) is 60.2 Å². The van der Waals surface area contributed by atoms with Crippen LogP contribution in [0, 0.1) is 5.92 Å². The first kappa shape index (κ1) is 30.1. The van der Waals surface area contributed by atoms with Crippen molar-refractivity contribution in [3.8, 4) is 17.0 Å². The molecule has 0 bridgehead atoms. The summed E-state index contributed by atoms with van der Waals surface area (Å²) in [5.74, 6) is 0.857. The number of likely N-dealkylation sites (N-methyl/N-ethyl adjacent to an activating group) is 2. The van der Waals surface area contributed by atoms with E-state index in [0.29, 0.717) is 28.8 Å². The van der Waals surface area contributed by atoms with Crippen LogP contribution in [0.25, 0.3) is 11.3 Å². The molecule has 0 saturated heterocycles. The van der Waals surface area contributed by atoms with Crippen molar-refractivity contribution in [2.24, 2.45) is 10.9 Å². The third-order valence-electron chi connectivity index (χ3n) is 6.37. The number of hydrogen-bond donors (Lipinski definition) is 3. The van der Waals surface area contributed by atoms with Crippen LogP contribution in [0.3, 0.4) is 0 Å². The van der Waals surface area contributed by atoms with E-state index in [0.717, 1.165) is 41.3 Å². The Hall–Kier alpha value is -4.44. The molecule has 0 atom stereocenters. The molecule has 1 aromatic heterocycles. The Balaban J connectivity index is 2.00. The summed E-state index contributed by atoms with van der Waals surface area (Å²) in [5, 5.41) is 6.17. The summed E-state index contributed by atoms with van der Waals surface area (Å²) in [6.07, 6.45) is 2.93. The highest BCUT2D eigenvalue weighted by Gasteiger charge is 2.17. The number of nitrogens with one attached hydrogen (secondary N) is 2. The maximum atomic E-state index is 12.3. The van der Waals surface area contributed by atoms with E-state index in [1.54, 1.807) is 20.4 Å². The van der Waals surface area contributed by atoms with Crippen molar-refractivity contribution in [3.63, 3.8) is 0 Å². The molecule has 3 aromatic rings. The second kappa shape index (κ2) is 13.6. The summed E-state index contributed by atoms with van der Waals surface area (Å²) in [6.45, 7) is 9.34. The van der Waals surface area contributed by atoms with Crippen molar-refractivity contribution in [3.05, 3.63) is 60.8 Å². The molecule has 10 nitrogen and oxygen atoms in total. The summed E-state index contributed by atoms with van der Waals surface area (Å²) in [5.41, 5.74) is 12.4. The van der Waals surface area contributed by atoms with Gasteiger partial charge < -0.3 is 30.9 Å². The zero-order valence-corrected chi connectivity index (χ0v) is 24.4. The van der Waals surface area contributed by atoms with Crippen molar-refractivity contribution in [2.45, 2.75) is 13.8 Å². The lowest BCUT2D eigenvalue weighted by Gasteiger charge is -2.26. The number of ether oxygens (including phenoxy) is 1. The fourth-order valence-electron chi connectivity index (χ4n) is 4.23. The largest absolute Gasteiger partial charge is 0.494 e. The highest BCUT2D eigenvalue weighted by Crippen LogP contribution is 2.38. The monoisotopic (exact) mass is 544 g/mol. The second-order valence-corrected chi connectivity index (χ2v) is 9.94. The smallest absolute Gasteiger partial charge is 0.247 e. The lowest BCUT2D eigenvalue weighted by Crippen LogP contribution is -2.29. The van der Waals surface area contributed by atoms with E-state index in [9.17, 15) is 4.79 Å². The highest BCUT2D eigenvalue weighted by atomic mass is 16.5. The number of benzene rings is 2. The minimum absolute atomic E-state index is 0.221. The molecule has 1 amide bonds. The number of nitrogens with two attached hydrogens (primary N) is 1. The van der Waals surface area contributed by atoms with Crippen LogP contribution in [0.1, 0.15) is 19.4 Å². The molecule has 1 heterocycles. The zero-order chi connectivity index (χ0) is 29.4. The molecule has 0 aliphatic rings. The van der Waals surface area contributed by atoms with Crippen molar-refractivity contribution >= 4 is 40.3 Å². The number of aliphatic imine (C=N–C) groups is 1. The SMILES string of the molecule is C=CC(=O)Nc1cc(Nc2nccc(-c3ccc(N)c(C(=NC)C(C)C)c3)n2)c(OC)cc1N(C)CCN(C)C. The van der Waals surface area contributed by atoms with Crippen molar-refractivity contribution < 1.29 is 9.53 Å². The van der Waals surface area contributed by atoms with Gasteiger partial charge in [-0.05, 0) is 50.4 Å². The molecule has 2 aromatic carbocycles. The molecule has 0 radical (unpaired) electrons. The van der Waals surface area contributed by atoms with E-state index in [4.69, 9.17) is 15.5 Å². The van der Waals surface area contributed by atoms with E-state index >= 15 is 0 Å². The predicted octanol–water partition coefficient (Wildman–Crippen LogP) is 4.68. The Morgan fingerprint density at radius 1 is 1.15 bits per heavy atom. The van der Waals surface area contributed by atoms with Crippen molar-refractivity contribution in [2.75, 3.05) is 69.7 Å². The van der Waals surface area contributed by atoms with Gasteiger partial charge in [-0.15, -0.1) is 0 Å². The van der Waals surface area contributed by atoms with E-state index in [1.807, 2.05) is 57.5 Å². The van der Waals surface area contributed by atoms with Gasteiger partial charge in [-0.25, -0.2) is 9.97 Å². The van der Waals surface area contributed by atoms with Crippen molar-refractivity contribution in [1.82, 2.24) is 14.9 Å². The fourth-order valence-corrected chi connectivity index (χ4v) is 4.23. The summed E-state index contributed by atoms with van der Waals surface area (Å²) in [6, 6.07) is 11.3. The normalized spacial score (nSPS) is 11.5. The van der Waals surface area contributed by atoms with E-state index in [1.165, 1.54) is 6.08 Å². The molecule has 40 heavy (non-hydrogen) atoms. The third kappa shape index (κ3) is 7.35. The number of rotatable bonds is 12. The molecule has 0 unspecified atom stereocenters. The lowest BCUT2D eigenvalue weighted by molar-refractivity contribution is -0.111. The highest BCUT2D eigenvalue weighted by molar-refractivity contribution is 6.06. The Morgan fingerprint density at radius 3 is 2.52 bits per heavy atom. The van der Waals surface area contributed by atoms with Gasteiger partial charge in [0, 0.05) is 62.0 Å². The number of nitrogens with zero attached hydrogens (tertiary/aromatic N) is 5. The molecule has 0 aliphatic carbocycles. The van der Waals surface area contributed by atoms with Crippen molar-refractivity contribution in [1.29, 1.82) is 0 Å². The fraction of sp³-hybridized carbons (Fsp3) is 0.333. The molecule has 212 valence electrons. The maximum absolute atomic E-state index is 12.3. The number of methoxy groups -OCH3 is 1. The number of hydrogen-bond acceptors (Lipinski definition) is 9. The lowest BCUT2D eigenvalue weighted by atomic mass is 9.96. The Labute approximate surface area is 237 Å². The van der Waals surface area contributed by atoms with Crippen LogP contribution in [-0.4, -0.2) is 74.9 Å². The number of aromatic nitrogens is 2. The van der Waals surface area contributed by atoms with E-state index in [2.05, 4.69) is 50.8 Å². The van der Waals surface area contributed by atoms with Crippen LogP contribution in [-0.2, 0) is 4.79 Å². The average Bonchev–Trinajstić information content (AvgIpc) is 2.93. The number of amides is 1. The standard InChI is InChI=1S/C30H40N8O2/c1-9-28(39)34-24-17-25(27(40-8)18-26(24)38(7)15-14-37(5)6)36-30-33-13-12-23(35-30)20-10-11-22(31)21(16-20)29(32-4)19(2)3/h9-13,16-19H,1,14-15,31H2,2-8H3,(H,34,39)(H,33,35,36). The Kier molecular flexibility index (Phi) is 10.2. The van der Waals surface area contributed by atoms with Gasteiger partial charge in [0.2, 0.25) is 11.9 Å². The topological polar surface area (TPSA) is 121 Å². The number of carbonyl (C=O) groups excluding carboxylic acids is 1. The summed E-state index contributed by atoms with van der Waals surface area (Å²) in [7, 11) is 9.37. The first-order chi connectivity index (χ1) is 19.1. The van der Waals surface area contributed by atoms with Gasteiger partial charge in [-0.1, -0.05) is 26.5 Å². The van der Waals surface area contributed by atoms with Crippen LogP contribution < -0.4 is 26.0 Å². The van der Waals surface area contributed by atoms with E-state index in [-0.39, 0.29) is 11.8 Å². The Morgan fingerprint density at radius 2 is 1.90 bits per heavy atom. The van der Waals surface area contributed by atoms with Crippen LogP contribution in [0.2, 0.25) is 0 Å². The number of nitrogen functional groups attached to an aromatic ring is 1. The maximum Gasteiger partial charge on any atom is 0.247 e. The third-order valence-corrected chi connectivity index (χ3v) is 6.37. The Bertz CT molecular complexity index is 1380. The van der Waals surface area contributed by atoms with Gasteiger partial charge in [-0.2, -0.15) is 0 Å². The van der Waals surface area contributed by atoms with Gasteiger partial charge >= 0.3 is 0 Å². The van der Waals surface area contributed by atoms with Crippen LogP contribution in [0.5, 0.6) is 5.75 Å². The van der Waals surface area contributed by atoms with Gasteiger partial charge in [-0.3, -0.25) is 9.79 Å². The van der Waals surface area contributed by atoms with Gasteiger partial charge in [0.15, 0.2) is 0 Å². The number of carbonyl (C=O) groups is 1. The quantitative estimate of drug-likeness (QED) is 0.171. The molecule has 4 N–H and O–H groups in total. The predicted molar refractivity (Wildman–Crippen MR) is 166 cm³/mol. The molecular formula is C30H40N8O2. The molecule has 10 heteroatoms. The van der Waals surface area contributed by atoms with Crippen LogP contribution in [0.4, 0.5) is 28.7 Å². The van der Waals surface area contributed by atoms with Crippen LogP contribution >= 0.6 is 0 Å². The second-order valence-electron chi connectivity index (χ2n) is 9.94. The molecule has 3 rings (SSSR count).